The molecule has 0 fully saturated rings. The fourth-order valence-corrected chi connectivity index (χ4v) is 4.76. The van der Waals surface area contributed by atoms with Gasteiger partial charge in [-0.2, -0.15) is 0 Å². The van der Waals surface area contributed by atoms with Crippen molar-refractivity contribution >= 4 is 21.6 Å². The van der Waals surface area contributed by atoms with Crippen molar-refractivity contribution in [2.45, 2.75) is 17.9 Å². The third-order valence-corrected chi connectivity index (χ3v) is 6.45. The van der Waals surface area contributed by atoms with E-state index in [-0.39, 0.29) is 23.9 Å². The summed E-state index contributed by atoms with van der Waals surface area (Å²) in [5, 5.41) is 2.73. The summed E-state index contributed by atoms with van der Waals surface area (Å²) in [4.78, 5) is 12.1. The predicted molar refractivity (Wildman–Crippen MR) is 101 cm³/mol. The monoisotopic (exact) mass is 400 g/mol. The van der Waals surface area contributed by atoms with E-state index in [9.17, 15) is 17.6 Å². The Balaban J connectivity index is 1.62. The van der Waals surface area contributed by atoms with Gasteiger partial charge in [0.25, 0.3) is 15.9 Å². The normalized spacial score (nSPS) is 13.4. The lowest BCUT2D eigenvalue weighted by molar-refractivity contribution is 0.0948. The fraction of sp³-hybridized carbons (Fsp3) is 0.150. The molecular weight excluding hydrogens is 383 g/mol. The van der Waals surface area contributed by atoms with Crippen molar-refractivity contribution in [3.05, 3.63) is 83.6 Å². The number of nitrogens with one attached hydrogen (secondary N) is 1. The number of hydrogen-bond acceptors (Lipinski definition) is 4. The number of rotatable bonds is 5. The number of fused-ring (bicyclic) bond motifs is 1. The minimum Gasteiger partial charge on any atom is -0.467 e. The highest BCUT2D eigenvalue weighted by molar-refractivity contribution is 7.92. The van der Waals surface area contributed by atoms with Crippen LogP contribution in [-0.2, 0) is 23.0 Å². The summed E-state index contributed by atoms with van der Waals surface area (Å²) < 4.78 is 46.3. The van der Waals surface area contributed by atoms with Crippen LogP contribution in [0.3, 0.4) is 0 Å². The lowest BCUT2D eigenvalue weighted by atomic mass is 10.1. The molecular formula is C20H17FN2O4S. The summed E-state index contributed by atoms with van der Waals surface area (Å²) >= 11 is 0. The van der Waals surface area contributed by atoms with Gasteiger partial charge in [0, 0.05) is 12.1 Å². The Morgan fingerprint density at radius 3 is 2.71 bits per heavy atom. The van der Waals surface area contributed by atoms with Gasteiger partial charge in [-0.05, 0) is 48.4 Å². The first-order chi connectivity index (χ1) is 13.5. The molecule has 1 aliphatic heterocycles. The first kappa shape index (κ1) is 18.2. The van der Waals surface area contributed by atoms with Gasteiger partial charge >= 0.3 is 0 Å². The number of halogens is 1. The zero-order valence-corrected chi connectivity index (χ0v) is 15.6. The van der Waals surface area contributed by atoms with Crippen molar-refractivity contribution in [1.29, 1.82) is 0 Å². The van der Waals surface area contributed by atoms with Crippen LogP contribution in [0.5, 0.6) is 0 Å². The average Bonchev–Trinajstić information content (AvgIpc) is 3.35. The molecule has 6 nitrogen and oxygen atoms in total. The molecule has 1 amide bonds. The van der Waals surface area contributed by atoms with E-state index in [1.54, 1.807) is 24.3 Å². The number of anilines is 1. The Labute approximate surface area is 161 Å². The Hall–Kier alpha value is -3.13. The molecule has 8 heteroatoms. The SMILES string of the molecule is O=C(NCc1ccco1)c1ccc2c(c1)N(S(=O)(=O)c1ccccc1F)CC2. The van der Waals surface area contributed by atoms with Gasteiger partial charge in [-0.25, -0.2) is 12.8 Å². The Bertz CT molecular complexity index is 1130. The van der Waals surface area contributed by atoms with Gasteiger partial charge in [0.2, 0.25) is 0 Å². The summed E-state index contributed by atoms with van der Waals surface area (Å²) in [6.45, 7) is 0.420. The fourth-order valence-electron chi connectivity index (χ4n) is 3.20. The topological polar surface area (TPSA) is 79.6 Å². The number of nitrogens with zero attached hydrogens (tertiary/aromatic N) is 1. The largest absolute Gasteiger partial charge is 0.467 e. The number of benzene rings is 2. The number of furan rings is 1. The van der Waals surface area contributed by atoms with E-state index in [2.05, 4.69) is 5.32 Å². The zero-order valence-electron chi connectivity index (χ0n) is 14.8. The number of hydrogen-bond donors (Lipinski definition) is 1. The average molecular weight is 400 g/mol. The molecule has 4 rings (SSSR count). The molecule has 1 aromatic heterocycles. The van der Waals surface area contributed by atoms with Crippen molar-refractivity contribution < 1.29 is 22.0 Å². The van der Waals surface area contributed by atoms with E-state index in [1.165, 1.54) is 30.5 Å². The van der Waals surface area contributed by atoms with Gasteiger partial charge in [0.1, 0.15) is 16.5 Å². The summed E-state index contributed by atoms with van der Waals surface area (Å²) in [6.07, 6.45) is 2.01. The highest BCUT2D eigenvalue weighted by Crippen LogP contribution is 2.34. The second-order valence-electron chi connectivity index (χ2n) is 6.36. The van der Waals surface area contributed by atoms with Crippen molar-refractivity contribution in [3.63, 3.8) is 0 Å². The van der Waals surface area contributed by atoms with E-state index in [0.29, 0.717) is 23.4 Å². The quantitative estimate of drug-likeness (QED) is 0.714. The molecule has 144 valence electrons. The van der Waals surface area contributed by atoms with E-state index in [0.717, 1.165) is 15.9 Å². The summed E-state index contributed by atoms with van der Waals surface area (Å²) in [7, 11) is -4.06. The number of carbonyl (C=O) groups excluding carboxylic acids is 1. The highest BCUT2D eigenvalue weighted by Gasteiger charge is 2.33. The molecule has 0 saturated carbocycles. The van der Waals surface area contributed by atoms with Gasteiger partial charge in [-0.15, -0.1) is 0 Å². The van der Waals surface area contributed by atoms with Gasteiger partial charge in [-0.1, -0.05) is 18.2 Å². The van der Waals surface area contributed by atoms with Gasteiger partial charge < -0.3 is 9.73 Å². The van der Waals surface area contributed by atoms with Crippen LogP contribution in [-0.4, -0.2) is 20.9 Å². The molecule has 3 aromatic rings. The third kappa shape index (κ3) is 3.27. The Morgan fingerprint density at radius 2 is 1.96 bits per heavy atom. The second kappa shape index (κ2) is 7.12. The lowest BCUT2D eigenvalue weighted by Crippen LogP contribution is -2.30. The first-order valence-electron chi connectivity index (χ1n) is 8.67. The van der Waals surface area contributed by atoms with Crippen LogP contribution in [0.15, 0.2) is 70.2 Å². The zero-order chi connectivity index (χ0) is 19.7. The second-order valence-corrected chi connectivity index (χ2v) is 8.19. The molecule has 0 bridgehead atoms. The standard InChI is InChI=1S/C20H17FN2O4S/c21-17-5-1-2-6-19(17)28(25,26)23-10-9-14-7-8-15(12-18(14)23)20(24)22-13-16-4-3-11-27-16/h1-8,11-12H,9-10,13H2,(H,22,24). The molecule has 0 atom stereocenters. The van der Waals surface area contributed by atoms with Crippen LogP contribution in [0.4, 0.5) is 10.1 Å². The van der Waals surface area contributed by atoms with Crippen LogP contribution >= 0.6 is 0 Å². The van der Waals surface area contributed by atoms with E-state index >= 15 is 0 Å². The maximum atomic E-state index is 14.1. The molecule has 1 aliphatic rings. The van der Waals surface area contributed by atoms with Crippen molar-refractivity contribution in [3.8, 4) is 0 Å². The van der Waals surface area contributed by atoms with Crippen LogP contribution in [0.25, 0.3) is 0 Å². The summed E-state index contributed by atoms with van der Waals surface area (Å²) in [5.74, 6) is -0.545. The molecule has 2 aromatic carbocycles. The van der Waals surface area contributed by atoms with Crippen molar-refractivity contribution in [2.24, 2.45) is 0 Å². The minimum atomic E-state index is -4.06. The van der Waals surface area contributed by atoms with Crippen molar-refractivity contribution in [2.75, 3.05) is 10.8 Å². The van der Waals surface area contributed by atoms with Crippen LogP contribution in [0.2, 0.25) is 0 Å². The molecule has 0 saturated heterocycles. The maximum absolute atomic E-state index is 14.1. The lowest BCUT2D eigenvalue weighted by Gasteiger charge is -2.20. The summed E-state index contributed by atoms with van der Waals surface area (Å²) in [6, 6.07) is 13.6. The molecule has 0 spiro atoms. The molecule has 0 aliphatic carbocycles. The van der Waals surface area contributed by atoms with Crippen LogP contribution in [0.1, 0.15) is 21.7 Å². The molecule has 2 heterocycles. The molecule has 28 heavy (non-hydrogen) atoms. The maximum Gasteiger partial charge on any atom is 0.267 e. The third-order valence-electron chi connectivity index (χ3n) is 4.61. The van der Waals surface area contributed by atoms with E-state index in [4.69, 9.17) is 4.42 Å². The Kier molecular flexibility index (Phi) is 4.64. The highest BCUT2D eigenvalue weighted by atomic mass is 32.2. The smallest absolute Gasteiger partial charge is 0.267 e. The van der Waals surface area contributed by atoms with Crippen LogP contribution < -0.4 is 9.62 Å². The number of carbonyl (C=O) groups is 1. The molecule has 1 N–H and O–H groups in total. The minimum absolute atomic E-state index is 0.198. The Morgan fingerprint density at radius 1 is 1.14 bits per heavy atom. The van der Waals surface area contributed by atoms with Crippen LogP contribution in [0, 0.1) is 5.82 Å². The van der Waals surface area contributed by atoms with E-state index < -0.39 is 15.8 Å². The van der Waals surface area contributed by atoms with Gasteiger partial charge in [-0.3, -0.25) is 9.10 Å². The van der Waals surface area contributed by atoms with Gasteiger partial charge in [0.05, 0.1) is 18.5 Å². The molecule has 0 unspecified atom stereocenters. The van der Waals surface area contributed by atoms with Gasteiger partial charge in [0.15, 0.2) is 0 Å². The summed E-state index contributed by atoms with van der Waals surface area (Å²) in [5.41, 5.74) is 1.51. The number of sulfonamides is 1. The predicted octanol–water partition coefficient (Wildman–Crippen LogP) is 3.10. The first-order valence-corrected chi connectivity index (χ1v) is 10.1. The van der Waals surface area contributed by atoms with Crippen molar-refractivity contribution in [1.82, 2.24) is 5.32 Å². The van der Waals surface area contributed by atoms with E-state index in [1.807, 2.05) is 0 Å². The number of amides is 1. The molecule has 0 radical (unpaired) electrons.